The molecule has 0 N–H and O–H groups in total. The lowest BCUT2D eigenvalue weighted by Gasteiger charge is -1.98. The summed E-state index contributed by atoms with van der Waals surface area (Å²) in [6.45, 7) is 2.02. The fraction of sp³-hybridized carbons (Fsp3) is 0.333. The Bertz CT molecular complexity index is 536. The van der Waals surface area contributed by atoms with Crippen molar-refractivity contribution in [3.8, 4) is 9.75 Å². The van der Waals surface area contributed by atoms with Crippen LogP contribution >= 0.6 is 43.8 Å². The fourth-order valence-corrected chi connectivity index (χ4v) is 6.85. The molecule has 0 unspecified atom stereocenters. The molecule has 2 heterocycles. The molecule has 0 atom stereocenters. The molecule has 86 valence electrons. The number of thioether (sulfide) groups is 1. The number of hydrogen-bond donors (Lipinski definition) is 0. The van der Waals surface area contributed by atoms with Crippen LogP contribution in [0.5, 0.6) is 0 Å². The first kappa shape index (κ1) is 12.1. The van der Waals surface area contributed by atoms with Crippen molar-refractivity contribution in [1.29, 1.82) is 0 Å². The first-order valence-corrected chi connectivity index (χ1v) is 8.64. The van der Waals surface area contributed by atoms with E-state index < -0.39 is 5.97 Å². The summed E-state index contributed by atoms with van der Waals surface area (Å²) in [6, 6.07) is 0. The van der Waals surface area contributed by atoms with E-state index in [1.807, 2.05) is 6.26 Å². The van der Waals surface area contributed by atoms with Gasteiger partial charge in [0.05, 0.1) is 20.6 Å². The predicted molar refractivity (Wildman–Crippen MR) is 70.7 cm³/mol. The van der Waals surface area contributed by atoms with Crippen molar-refractivity contribution >= 4 is 49.7 Å². The molecule has 0 fully saturated rings. The fourth-order valence-electron chi connectivity index (χ4n) is 1.23. The molecular weight excluding hydrogens is 284 g/mol. The number of fused-ring (bicyclic) bond motifs is 1. The monoisotopic (exact) mass is 292 g/mol. The van der Waals surface area contributed by atoms with Gasteiger partial charge >= 0.3 is 5.97 Å². The predicted octanol–water partition coefficient (Wildman–Crippen LogP) is 3.23. The summed E-state index contributed by atoms with van der Waals surface area (Å²) >= 11 is 2.73. The highest BCUT2D eigenvalue weighted by molar-refractivity contribution is 8.02. The van der Waals surface area contributed by atoms with Crippen LogP contribution in [0.2, 0.25) is 0 Å². The minimum absolute atomic E-state index is 0.192. The smallest absolute Gasteiger partial charge is 0.344 e. The Morgan fingerprint density at radius 3 is 2.75 bits per heavy atom. The number of esters is 1. The molecule has 16 heavy (non-hydrogen) atoms. The summed E-state index contributed by atoms with van der Waals surface area (Å²) < 4.78 is 5.79. The maximum absolute atomic E-state index is 11.7. The summed E-state index contributed by atoms with van der Waals surface area (Å²) in [6.07, 6.45) is 1.96. The lowest BCUT2D eigenvalue weighted by molar-refractivity contribution is 0.0527. The average Bonchev–Trinajstić information content (AvgIpc) is 2.75. The Labute approximate surface area is 108 Å². The van der Waals surface area contributed by atoms with Gasteiger partial charge in [0.25, 0.3) is 0 Å². The molecule has 0 saturated carbocycles. The number of hydrogen-bond acceptors (Lipinski definition) is 7. The normalized spacial score (nSPS) is 10.9. The molecule has 0 radical (unpaired) electrons. The third kappa shape index (κ3) is 1.92. The zero-order valence-corrected chi connectivity index (χ0v) is 11.8. The lowest BCUT2D eigenvalue weighted by Crippen LogP contribution is -2.12. The van der Waals surface area contributed by atoms with Gasteiger partial charge in [0.15, 0.2) is 0 Å². The molecule has 7 heteroatoms. The second-order valence-corrected chi connectivity index (χ2v) is 7.01. The van der Waals surface area contributed by atoms with Gasteiger partial charge in [-0.2, -0.15) is 0 Å². The molecule has 0 aliphatic carbocycles. The van der Waals surface area contributed by atoms with Crippen LogP contribution in [0.1, 0.15) is 17.3 Å². The van der Waals surface area contributed by atoms with Crippen molar-refractivity contribution in [2.45, 2.75) is 11.1 Å². The Hall–Kier alpha value is -0.370. The van der Waals surface area contributed by atoms with Crippen molar-refractivity contribution in [1.82, 2.24) is 0 Å². The van der Waals surface area contributed by atoms with E-state index in [2.05, 4.69) is 0 Å². The third-order valence-electron chi connectivity index (χ3n) is 1.88. The van der Waals surface area contributed by atoms with E-state index in [1.54, 1.807) is 29.0 Å². The molecule has 0 amide bonds. The molecule has 0 spiro atoms. The van der Waals surface area contributed by atoms with Gasteiger partial charge in [0, 0.05) is 0 Å². The van der Waals surface area contributed by atoms with Crippen molar-refractivity contribution in [2.75, 3.05) is 12.9 Å². The highest BCUT2D eigenvalue weighted by Crippen LogP contribution is 2.46. The first-order chi connectivity index (χ1) is 7.69. The molecule has 0 saturated heterocycles. The zero-order valence-electron chi connectivity index (χ0n) is 8.56. The van der Waals surface area contributed by atoms with E-state index in [9.17, 15) is 9.59 Å². The van der Waals surface area contributed by atoms with Gasteiger partial charge in [-0.05, 0) is 13.2 Å². The quantitative estimate of drug-likeness (QED) is 0.495. The summed E-state index contributed by atoms with van der Waals surface area (Å²) in [5, 5.41) is 0. The van der Waals surface area contributed by atoms with Crippen LogP contribution in [0.25, 0.3) is 9.75 Å². The largest absolute Gasteiger partial charge is 0.462 e. The summed E-state index contributed by atoms with van der Waals surface area (Å²) in [5.74, 6) is -0.500. The van der Waals surface area contributed by atoms with Crippen LogP contribution < -0.4 is 4.74 Å². The second-order valence-electron chi connectivity index (χ2n) is 2.80. The number of rotatable bonds is 3. The Morgan fingerprint density at radius 2 is 2.12 bits per heavy atom. The second kappa shape index (κ2) is 4.87. The van der Waals surface area contributed by atoms with E-state index in [4.69, 9.17) is 4.74 Å². The Balaban J connectivity index is 2.51. The van der Waals surface area contributed by atoms with E-state index in [0.717, 1.165) is 25.3 Å². The van der Waals surface area contributed by atoms with Gasteiger partial charge in [0.2, 0.25) is 4.74 Å². The van der Waals surface area contributed by atoms with Crippen LogP contribution in [-0.4, -0.2) is 18.8 Å². The molecule has 0 aromatic carbocycles. The maximum Gasteiger partial charge on any atom is 0.344 e. The van der Waals surface area contributed by atoms with Gasteiger partial charge in [-0.3, -0.25) is 4.79 Å². The van der Waals surface area contributed by atoms with E-state index in [1.165, 1.54) is 10.3 Å². The number of thiophene rings is 1. The molecular formula is C9H8O3S4. The minimum Gasteiger partial charge on any atom is -0.462 e. The molecule has 0 aromatic rings. The van der Waals surface area contributed by atoms with Crippen molar-refractivity contribution in [3.05, 3.63) is 15.1 Å². The molecule has 3 nitrogen and oxygen atoms in total. The van der Waals surface area contributed by atoms with Gasteiger partial charge in [-0.25, -0.2) is 4.79 Å². The molecule has 2 aliphatic rings. The number of carbonyl (C=O) groups is 1. The van der Waals surface area contributed by atoms with Gasteiger partial charge in [-0.15, -0.1) is 11.8 Å². The minimum atomic E-state index is -0.500. The number of ether oxygens (including phenoxy) is 1. The van der Waals surface area contributed by atoms with Gasteiger partial charge in [-0.1, -0.05) is 32.0 Å². The standard InChI is InChI=1S/C9H8O3S4/c1-3-12-7(10)4-5-6(14-8(4)11)9(13-2)16-15-5/h3H2,1-2H3. The Kier molecular flexibility index (Phi) is 3.68. The lowest BCUT2D eigenvalue weighted by atomic mass is 10.3. The topological polar surface area (TPSA) is 43.4 Å². The van der Waals surface area contributed by atoms with Crippen molar-refractivity contribution in [3.63, 3.8) is 0 Å². The van der Waals surface area contributed by atoms with Crippen LogP contribution in [-0.2, 0) is 4.74 Å². The van der Waals surface area contributed by atoms with E-state index >= 15 is 0 Å². The molecule has 0 bridgehead atoms. The number of carbonyl (C=O) groups excluding carboxylic acids is 1. The van der Waals surface area contributed by atoms with Crippen molar-refractivity contribution in [2.24, 2.45) is 0 Å². The molecule has 2 aliphatic heterocycles. The SMILES string of the molecule is CCOC(=O)c1c2ssc(SC)c-2sc1=O. The Morgan fingerprint density at radius 1 is 1.38 bits per heavy atom. The zero-order chi connectivity index (χ0) is 11.7. The summed E-state index contributed by atoms with van der Waals surface area (Å²) in [5.41, 5.74) is 0.211. The van der Waals surface area contributed by atoms with Gasteiger partial charge < -0.3 is 4.74 Å². The average molecular weight is 292 g/mol. The first-order valence-electron chi connectivity index (χ1n) is 4.45. The molecule has 2 rings (SSSR count). The maximum atomic E-state index is 11.7. The summed E-state index contributed by atoms with van der Waals surface area (Å²) in [4.78, 5) is 25.0. The van der Waals surface area contributed by atoms with Crippen LogP contribution in [0.3, 0.4) is 0 Å². The van der Waals surface area contributed by atoms with Crippen LogP contribution in [0, 0.1) is 0 Å². The molecule has 0 aromatic heterocycles. The highest BCUT2D eigenvalue weighted by Gasteiger charge is 2.27. The third-order valence-corrected chi connectivity index (χ3v) is 7.18. The van der Waals surface area contributed by atoms with Crippen molar-refractivity contribution < 1.29 is 9.53 Å². The van der Waals surface area contributed by atoms with E-state index in [-0.39, 0.29) is 10.3 Å². The summed E-state index contributed by atoms with van der Waals surface area (Å²) in [7, 11) is 3.07. The van der Waals surface area contributed by atoms with E-state index in [0.29, 0.717) is 6.61 Å². The van der Waals surface area contributed by atoms with Crippen LogP contribution in [0.4, 0.5) is 0 Å². The highest BCUT2D eigenvalue weighted by atomic mass is 32.9. The van der Waals surface area contributed by atoms with Crippen LogP contribution in [0.15, 0.2) is 9.00 Å². The van der Waals surface area contributed by atoms with Gasteiger partial charge in [0.1, 0.15) is 5.56 Å².